The van der Waals surface area contributed by atoms with Gasteiger partial charge in [-0.25, -0.2) is 4.98 Å². The highest BCUT2D eigenvalue weighted by Crippen LogP contribution is 2.58. The monoisotopic (exact) mass is 760 g/mol. The van der Waals surface area contributed by atoms with Gasteiger partial charge in [0, 0.05) is 16.0 Å². The Morgan fingerprint density at radius 3 is 1.91 bits per heavy atom. The number of aliphatic hydroxyl groups excluding tert-OH is 1. The number of aromatic nitrogens is 1. The molecule has 3 aromatic carbocycles. The van der Waals surface area contributed by atoms with Gasteiger partial charge < -0.3 is 18.7 Å². The minimum absolute atomic E-state index is 0.0720. The molecular weight excluding hydrogens is 715 g/mol. The first kappa shape index (κ1) is 35.1. The lowest BCUT2D eigenvalue weighted by Crippen LogP contribution is -2.40. The molecular formula is C39H45IN2O4Si. The Kier molecular flexibility index (Phi) is 10.8. The summed E-state index contributed by atoms with van der Waals surface area (Å²) in [5.74, 6) is 7.40. The summed E-state index contributed by atoms with van der Waals surface area (Å²) < 4.78 is 19.2. The number of halogens is 1. The topological polar surface area (TPSA) is 67.7 Å². The molecule has 1 aliphatic heterocycles. The Bertz CT molecular complexity index is 1630. The molecule has 8 heteroatoms. The van der Waals surface area contributed by atoms with E-state index in [0.717, 1.165) is 4.43 Å². The average molecular weight is 761 g/mol. The number of alkyl halides is 1. The molecule has 4 aromatic rings. The minimum Gasteiger partial charge on any atom is -0.497 e. The number of allylic oxidation sites excluding steroid dienone is 1. The molecule has 4 atom stereocenters. The first-order chi connectivity index (χ1) is 22.5. The van der Waals surface area contributed by atoms with Crippen LogP contribution in [0.2, 0.25) is 18.1 Å². The van der Waals surface area contributed by atoms with Crippen molar-refractivity contribution in [2.24, 2.45) is 0 Å². The van der Waals surface area contributed by atoms with E-state index in [9.17, 15) is 5.11 Å². The molecule has 0 spiro atoms. The van der Waals surface area contributed by atoms with Gasteiger partial charge in [0.15, 0.2) is 20.2 Å². The van der Waals surface area contributed by atoms with Crippen molar-refractivity contribution in [1.82, 2.24) is 9.88 Å². The summed E-state index contributed by atoms with van der Waals surface area (Å²) in [6, 6.07) is 32.1. The molecule has 1 aliphatic rings. The molecule has 47 heavy (non-hydrogen) atoms. The Hall–Kier alpha value is -3.20. The molecule has 2 heterocycles. The number of ether oxygens (including phenoxy) is 1. The van der Waals surface area contributed by atoms with Gasteiger partial charge in [-0.15, -0.1) is 0 Å². The van der Waals surface area contributed by atoms with Crippen LogP contribution in [0.3, 0.4) is 0 Å². The zero-order valence-corrected chi connectivity index (χ0v) is 31.5. The van der Waals surface area contributed by atoms with Gasteiger partial charge >= 0.3 is 0 Å². The molecule has 5 rings (SSSR count). The maximum absolute atomic E-state index is 11.0. The van der Waals surface area contributed by atoms with E-state index < -0.39 is 20.0 Å². The molecule has 2 unspecified atom stereocenters. The summed E-state index contributed by atoms with van der Waals surface area (Å²) in [7, 11) is -0.400. The molecule has 1 fully saturated rings. The van der Waals surface area contributed by atoms with Crippen molar-refractivity contribution in [3.8, 4) is 11.8 Å². The number of hydrogen-bond donors (Lipinski definition) is 1. The molecule has 0 bridgehead atoms. The molecule has 0 saturated carbocycles. The lowest BCUT2D eigenvalue weighted by atomic mass is 9.76. The summed E-state index contributed by atoms with van der Waals surface area (Å²) in [6.07, 6.45) is 0.596. The smallest absolute Gasteiger partial charge is 0.213 e. The second-order valence-electron chi connectivity index (χ2n) is 13.4. The summed E-state index contributed by atoms with van der Waals surface area (Å²) in [6.45, 7) is 13.1. The third-order valence-corrected chi connectivity index (χ3v) is 15.0. The summed E-state index contributed by atoms with van der Waals surface area (Å²) in [5, 5.41) is 11.1. The zero-order valence-electron chi connectivity index (χ0n) is 28.3. The van der Waals surface area contributed by atoms with Crippen molar-refractivity contribution in [1.29, 1.82) is 0 Å². The fourth-order valence-corrected chi connectivity index (χ4v) is 7.76. The second-order valence-corrected chi connectivity index (χ2v) is 19.1. The molecule has 0 aliphatic carbocycles. The van der Waals surface area contributed by atoms with Gasteiger partial charge in [0.25, 0.3) is 0 Å². The van der Waals surface area contributed by atoms with Crippen molar-refractivity contribution in [2.45, 2.75) is 69.6 Å². The Labute approximate surface area is 294 Å². The van der Waals surface area contributed by atoms with E-state index in [1.165, 1.54) is 23.8 Å². The second kappa shape index (κ2) is 14.5. The van der Waals surface area contributed by atoms with Crippen LogP contribution in [0.15, 0.2) is 107 Å². The maximum atomic E-state index is 11.0. The van der Waals surface area contributed by atoms with Crippen LogP contribution < -0.4 is 0 Å². The fraction of sp³-hybridized carbons (Fsp3) is 0.359. The van der Waals surface area contributed by atoms with Crippen LogP contribution in [0.4, 0.5) is 0 Å². The number of benzene rings is 3. The third-order valence-electron chi connectivity index (χ3n) is 9.59. The highest BCUT2D eigenvalue weighted by molar-refractivity contribution is 14.1. The van der Waals surface area contributed by atoms with E-state index in [1.54, 1.807) is 6.20 Å². The molecule has 1 N–H and O–H groups in total. The predicted molar refractivity (Wildman–Crippen MR) is 200 cm³/mol. The van der Waals surface area contributed by atoms with Crippen molar-refractivity contribution in [3.05, 3.63) is 131 Å². The SMILES string of the molecule is CO/C(=C(\C)c1cnc([C@@H]2[C@H](CI)N2C(c2ccccc2)(c2ccccc2)c2ccccc2)o1)C(O)C#CCO[Si](C)(C)C(C)(C)C. The number of methoxy groups -OCH3 is 1. The van der Waals surface area contributed by atoms with Crippen LogP contribution in [0.5, 0.6) is 0 Å². The van der Waals surface area contributed by atoms with E-state index in [1.807, 2.05) is 6.92 Å². The van der Waals surface area contributed by atoms with Crippen LogP contribution in [0, 0.1) is 11.8 Å². The van der Waals surface area contributed by atoms with E-state index in [0.29, 0.717) is 23.0 Å². The highest BCUT2D eigenvalue weighted by atomic mass is 127. The molecule has 0 amide bonds. The Morgan fingerprint density at radius 1 is 0.957 bits per heavy atom. The summed E-state index contributed by atoms with van der Waals surface area (Å²) in [5.41, 5.74) is 3.62. The number of oxazole rings is 1. The highest BCUT2D eigenvalue weighted by Gasteiger charge is 2.62. The number of aliphatic hydroxyl groups is 1. The van der Waals surface area contributed by atoms with Crippen LogP contribution in [-0.4, -0.2) is 53.6 Å². The first-order valence-electron chi connectivity index (χ1n) is 16.0. The summed E-state index contributed by atoms with van der Waals surface area (Å²) >= 11 is 2.47. The third kappa shape index (κ3) is 7.01. The Balaban J connectivity index is 1.49. The first-order valence-corrected chi connectivity index (χ1v) is 20.4. The van der Waals surface area contributed by atoms with Gasteiger partial charge in [-0.2, -0.15) is 0 Å². The molecule has 246 valence electrons. The van der Waals surface area contributed by atoms with Gasteiger partial charge in [0.2, 0.25) is 5.89 Å². The van der Waals surface area contributed by atoms with Crippen molar-refractivity contribution in [2.75, 3.05) is 18.1 Å². The van der Waals surface area contributed by atoms with Crippen molar-refractivity contribution >= 4 is 36.5 Å². The number of rotatable bonds is 11. The molecule has 1 aromatic heterocycles. The van der Waals surface area contributed by atoms with E-state index in [2.05, 4.69) is 164 Å². The molecule has 1 saturated heterocycles. The van der Waals surface area contributed by atoms with E-state index in [-0.39, 0.29) is 23.7 Å². The van der Waals surface area contributed by atoms with Gasteiger partial charge in [-0.3, -0.25) is 4.90 Å². The largest absolute Gasteiger partial charge is 0.497 e. The van der Waals surface area contributed by atoms with Crippen LogP contribution in [-0.2, 0) is 14.7 Å². The number of nitrogens with zero attached hydrogens (tertiary/aromatic N) is 2. The Morgan fingerprint density at radius 2 is 1.47 bits per heavy atom. The fourth-order valence-electron chi connectivity index (χ4n) is 5.99. The standard InChI is InChI=1S/C39H45IN2O4Si/c1-28(36(44-5)33(43)24-17-25-45-47(6,7)38(2,3)4)34-27-41-37(46-34)35-32(26-40)42(35)39(29-18-11-8-12-19-29,30-20-13-9-14-21-30)31-22-15-10-16-23-31/h8-16,18-23,27,32-33,35,43H,25-26H2,1-7H3/b36-28+/t32-,33?,35-,42?/m0/s1. The minimum atomic E-state index is -1.94. The van der Waals surface area contributed by atoms with Gasteiger partial charge in [0.05, 0.1) is 25.5 Å². The molecule has 0 radical (unpaired) electrons. The lowest BCUT2D eigenvalue weighted by Gasteiger charge is -2.38. The van der Waals surface area contributed by atoms with Crippen LogP contribution in [0.25, 0.3) is 5.57 Å². The van der Waals surface area contributed by atoms with E-state index in [4.69, 9.17) is 18.6 Å². The molecule has 6 nitrogen and oxygen atoms in total. The zero-order chi connectivity index (χ0) is 33.8. The van der Waals surface area contributed by atoms with Gasteiger partial charge in [-0.1, -0.05) is 146 Å². The predicted octanol–water partition coefficient (Wildman–Crippen LogP) is 8.59. The van der Waals surface area contributed by atoms with Gasteiger partial charge in [-0.05, 0) is 41.7 Å². The van der Waals surface area contributed by atoms with E-state index >= 15 is 0 Å². The summed E-state index contributed by atoms with van der Waals surface area (Å²) in [4.78, 5) is 7.33. The average Bonchev–Trinajstić information content (AvgIpc) is 3.58. The normalized spacial score (nSPS) is 19.3. The van der Waals surface area contributed by atoms with Crippen LogP contribution >= 0.6 is 22.6 Å². The quantitative estimate of drug-likeness (QED) is 0.0315. The van der Waals surface area contributed by atoms with Crippen molar-refractivity contribution in [3.63, 3.8) is 0 Å². The number of hydrogen-bond acceptors (Lipinski definition) is 6. The van der Waals surface area contributed by atoms with Gasteiger partial charge in [0.1, 0.15) is 11.8 Å². The van der Waals surface area contributed by atoms with Crippen molar-refractivity contribution < 1.29 is 18.7 Å². The van der Waals surface area contributed by atoms with Crippen LogP contribution in [0.1, 0.15) is 62.1 Å². The maximum Gasteiger partial charge on any atom is 0.213 e. The lowest BCUT2D eigenvalue weighted by molar-refractivity contribution is 0.168.